The van der Waals surface area contributed by atoms with Gasteiger partial charge in [-0.05, 0) is 55.2 Å². The summed E-state index contributed by atoms with van der Waals surface area (Å²) in [5, 5.41) is 0.800. The van der Waals surface area contributed by atoms with E-state index in [1.54, 1.807) is 58.4 Å². The summed E-state index contributed by atoms with van der Waals surface area (Å²) in [5.74, 6) is 0. The predicted octanol–water partition coefficient (Wildman–Crippen LogP) is 7.45. The van der Waals surface area contributed by atoms with Gasteiger partial charge in [-0.3, -0.25) is 0 Å². The summed E-state index contributed by atoms with van der Waals surface area (Å²) in [5.41, 5.74) is 0.718. The van der Waals surface area contributed by atoms with Crippen molar-refractivity contribution < 1.29 is 21.3 Å². The van der Waals surface area contributed by atoms with Crippen LogP contribution in [-0.2, 0) is 13.4 Å². The fourth-order valence-corrected chi connectivity index (χ4v) is 3.89. The van der Waals surface area contributed by atoms with E-state index in [9.17, 15) is 1.37 Å². The zero-order valence-corrected chi connectivity index (χ0v) is 18.6. The van der Waals surface area contributed by atoms with Crippen LogP contribution in [-0.4, -0.2) is 0 Å². The Bertz CT molecular complexity index is 1730. The van der Waals surface area contributed by atoms with Gasteiger partial charge < -0.3 is 4.42 Å². The van der Waals surface area contributed by atoms with Crippen molar-refractivity contribution in [3.63, 3.8) is 0 Å². The predicted molar refractivity (Wildman–Crippen MR) is 129 cm³/mol. The molecule has 3 heteroatoms. The number of nitrogens with zero attached hydrogens (tertiary/aromatic N) is 2. The molecule has 0 fully saturated rings. The fraction of sp³-hybridized carbons (Fsp3) is 0.357. The molecule has 0 bridgehead atoms. The average molecular weight is 421 g/mol. The summed E-state index contributed by atoms with van der Waals surface area (Å²) in [6, 6.07) is 6.02. The molecule has 31 heavy (non-hydrogen) atoms. The molecule has 0 atom stereocenters. The summed E-state index contributed by atoms with van der Waals surface area (Å²) in [4.78, 5) is 3.41. The number of hydrogen-bond acceptors (Lipinski definition) is 1. The molecule has 0 saturated carbocycles. The Balaban J connectivity index is 2.27. The third-order valence-corrected chi connectivity index (χ3v) is 5.49. The van der Waals surface area contributed by atoms with Gasteiger partial charge in [-0.2, -0.15) is 4.57 Å². The molecule has 0 spiro atoms. The van der Waals surface area contributed by atoms with Crippen molar-refractivity contribution in [1.82, 2.24) is 0 Å². The van der Waals surface area contributed by atoms with E-state index in [1.807, 2.05) is 0 Å². The normalized spacial score (nSPS) is 17.5. The highest BCUT2D eigenvalue weighted by Gasteiger charge is 2.26. The SMILES string of the molecule is [2H]c1c(C([2H])([2H])C(C)(C)C)c(C([2H])([2H])[2H])c(C)[n+](C)c1-c1c(C)ccc2c1oc1cc([N+]#[C-])cc(C([2H])([2H])[2H])c12. The minimum absolute atomic E-state index is 0.0290. The molecule has 0 aliphatic rings. The summed E-state index contributed by atoms with van der Waals surface area (Å²) in [6.07, 6.45) is -2.20. The number of pyridine rings is 1. The number of benzene rings is 2. The van der Waals surface area contributed by atoms with Crippen LogP contribution in [0.3, 0.4) is 0 Å². The molecule has 0 N–H and O–H groups in total. The maximum absolute atomic E-state index is 9.31. The molecule has 158 valence electrons. The summed E-state index contributed by atoms with van der Waals surface area (Å²) in [7, 11) is 1.63. The lowest BCUT2D eigenvalue weighted by atomic mass is 9.85. The number of rotatable bonds is 2. The second-order valence-corrected chi connectivity index (χ2v) is 8.96. The van der Waals surface area contributed by atoms with Gasteiger partial charge in [-0.25, -0.2) is 4.85 Å². The highest BCUT2D eigenvalue weighted by Crippen LogP contribution is 2.40. The standard InChI is InChI=1S/C28H31N2O/c1-16-10-11-22-25-17(2)12-21(29-8)14-24(25)31-27(22)26(16)23-13-20(15-28(5,6)7)18(3)19(4)30(23)9/h10-14H,15H2,1-7,9H3/q+1/i2D3,3D3,13D,15D2. The first-order valence-corrected chi connectivity index (χ1v) is 10.1. The molecule has 0 unspecified atom stereocenters. The smallest absolute Gasteiger partial charge is 0.216 e. The number of hydrogen-bond donors (Lipinski definition) is 0. The monoisotopic (exact) mass is 420 g/mol. The Labute approximate surface area is 197 Å². The van der Waals surface area contributed by atoms with Gasteiger partial charge >= 0.3 is 0 Å². The molecule has 0 aliphatic carbocycles. The third kappa shape index (κ3) is 3.51. The van der Waals surface area contributed by atoms with E-state index in [1.165, 1.54) is 12.1 Å². The van der Waals surface area contributed by atoms with Crippen molar-refractivity contribution >= 4 is 27.6 Å². The van der Waals surface area contributed by atoms with Crippen LogP contribution < -0.4 is 4.57 Å². The van der Waals surface area contributed by atoms with Gasteiger partial charge in [-0.15, -0.1) is 0 Å². The third-order valence-electron chi connectivity index (χ3n) is 5.49. The first-order chi connectivity index (χ1) is 18.1. The van der Waals surface area contributed by atoms with Gasteiger partial charge in [-0.1, -0.05) is 39.0 Å². The molecule has 3 nitrogen and oxygen atoms in total. The molecule has 4 rings (SSSR count). The van der Waals surface area contributed by atoms with Crippen molar-refractivity contribution in [2.75, 3.05) is 0 Å². The van der Waals surface area contributed by atoms with Gasteiger partial charge in [0.05, 0.1) is 13.5 Å². The van der Waals surface area contributed by atoms with Crippen molar-refractivity contribution in [1.29, 1.82) is 0 Å². The van der Waals surface area contributed by atoms with Crippen LogP contribution in [0.4, 0.5) is 5.69 Å². The van der Waals surface area contributed by atoms with Crippen LogP contribution in [0.25, 0.3) is 38.0 Å². The Morgan fingerprint density at radius 3 is 2.61 bits per heavy atom. The van der Waals surface area contributed by atoms with E-state index >= 15 is 0 Å². The lowest BCUT2D eigenvalue weighted by Gasteiger charge is -2.20. The Kier molecular flexibility index (Phi) is 2.96. The van der Waals surface area contributed by atoms with E-state index in [2.05, 4.69) is 4.85 Å². The lowest BCUT2D eigenvalue weighted by Crippen LogP contribution is -2.36. The van der Waals surface area contributed by atoms with Crippen molar-refractivity contribution in [2.45, 2.75) is 54.7 Å². The first-order valence-electron chi connectivity index (χ1n) is 14.6. The van der Waals surface area contributed by atoms with E-state index < -0.39 is 25.5 Å². The first kappa shape index (κ1) is 12.7. The van der Waals surface area contributed by atoms with E-state index in [0.29, 0.717) is 21.9 Å². The molecule has 0 aliphatic heterocycles. The van der Waals surface area contributed by atoms with Crippen molar-refractivity contribution in [3.05, 3.63) is 69.7 Å². The summed E-state index contributed by atoms with van der Waals surface area (Å²) >= 11 is 0. The van der Waals surface area contributed by atoms with E-state index in [0.717, 1.165) is 0 Å². The fourth-order valence-electron chi connectivity index (χ4n) is 3.89. The Morgan fingerprint density at radius 1 is 1.19 bits per heavy atom. The molecule has 0 amide bonds. The maximum atomic E-state index is 9.31. The minimum atomic E-state index is -2.69. The molecular formula is C28H31N2O+. The highest BCUT2D eigenvalue weighted by molar-refractivity contribution is 6.11. The lowest BCUT2D eigenvalue weighted by molar-refractivity contribution is -0.667. The maximum Gasteiger partial charge on any atom is 0.216 e. The zero-order chi connectivity index (χ0) is 30.3. The average Bonchev–Trinajstić information content (AvgIpc) is 3.17. The van der Waals surface area contributed by atoms with Gasteiger partial charge in [0.15, 0.2) is 11.4 Å². The van der Waals surface area contributed by atoms with Gasteiger partial charge in [0.1, 0.15) is 18.2 Å². The summed E-state index contributed by atoms with van der Waals surface area (Å²) < 4.78 is 84.2. The molecule has 0 radical (unpaired) electrons. The molecule has 2 aromatic carbocycles. The van der Waals surface area contributed by atoms with Crippen LogP contribution >= 0.6 is 0 Å². The summed E-state index contributed by atoms with van der Waals surface area (Å²) in [6.45, 7) is 10.6. The highest BCUT2D eigenvalue weighted by atomic mass is 16.3. The number of aromatic nitrogens is 1. The zero-order valence-electron chi connectivity index (χ0n) is 27.6. The number of furan rings is 1. The van der Waals surface area contributed by atoms with Crippen LogP contribution in [0.15, 0.2) is 34.7 Å². The van der Waals surface area contributed by atoms with E-state index in [-0.39, 0.29) is 51.0 Å². The largest absolute Gasteiger partial charge is 0.456 e. The van der Waals surface area contributed by atoms with Crippen molar-refractivity contribution in [3.8, 4) is 11.3 Å². The van der Waals surface area contributed by atoms with Crippen LogP contribution in [0, 0.1) is 39.5 Å². The number of aryl methyl sites for hydroxylation is 2. The van der Waals surface area contributed by atoms with Gasteiger partial charge in [0.25, 0.3) is 0 Å². The minimum Gasteiger partial charge on any atom is -0.456 e. The van der Waals surface area contributed by atoms with Crippen LogP contribution in [0.2, 0.25) is 0 Å². The topological polar surface area (TPSA) is 21.4 Å². The van der Waals surface area contributed by atoms with Crippen LogP contribution in [0.1, 0.15) is 61.1 Å². The van der Waals surface area contributed by atoms with Gasteiger partial charge in [0.2, 0.25) is 5.69 Å². The molecule has 4 aromatic rings. The second-order valence-electron chi connectivity index (χ2n) is 8.96. The quantitative estimate of drug-likeness (QED) is 0.244. The van der Waals surface area contributed by atoms with Crippen LogP contribution in [0.5, 0.6) is 0 Å². The van der Waals surface area contributed by atoms with E-state index in [4.69, 9.17) is 22.0 Å². The second kappa shape index (κ2) is 7.24. The molecular weight excluding hydrogens is 380 g/mol. The Morgan fingerprint density at radius 2 is 1.97 bits per heavy atom. The Hall–Kier alpha value is -3.12. The molecule has 0 saturated heterocycles. The van der Waals surface area contributed by atoms with Gasteiger partial charge in [0, 0.05) is 40.3 Å². The molecule has 2 heterocycles. The molecule has 2 aromatic heterocycles. The van der Waals surface area contributed by atoms with Crippen molar-refractivity contribution in [2.24, 2.45) is 12.5 Å². The number of fused-ring (bicyclic) bond motifs is 3.